The van der Waals surface area contributed by atoms with Crippen LogP contribution >= 0.6 is 15.9 Å². The summed E-state index contributed by atoms with van der Waals surface area (Å²) in [5, 5.41) is 11.1. The van der Waals surface area contributed by atoms with Crippen LogP contribution in [0.3, 0.4) is 0 Å². The number of hydrogen-bond donors (Lipinski definition) is 0. The Bertz CT molecular complexity index is 390. The van der Waals surface area contributed by atoms with Gasteiger partial charge in [0, 0.05) is 11.9 Å². The number of alkyl halides is 1. The summed E-state index contributed by atoms with van der Waals surface area (Å²) in [7, 11) is 0. The normalized spacial score (nSPS) is 10.1. The SMILES string of the molecule is O=c1ncc([N+](=O)[O-])cn1CCCBr. The molecule has 0 radical (unpaired) electrons. The summed E-state index contributed by atoms with van der Waals surface area (Å²) in [6.07, 6.45) is 2.90. The van der Waals surface area contributed by atoms with Crippen LogP contribution in [0.5, 0.6) is 0 Å². The van der Waals surface area contributed by atoms with Gasteiger partial charge in [-0.15, -0.1) is 0 Å². The molecule has 0 fully saturated rings. The van der Waals surface area contributed by atoms with Crippen LogP contribution in [0.2, 0.25) is 0 Å². The first kappa shape index (κ1) is 10.8. The van der Waals surface area contributed by atoms with E-state index in [9.17, 15) is 14.9 Å². The molecule has 0 bridgehead atoms. The van der Waals surface area contributed by atoms with E-state index in [1.807, 2.05) is 0 Å². The lowest BCUT2D eigenvalue weighted by molar-refractivity contribution is -0.385. The van der Waals surface area contributed by atoms with Gasteiger partial charge in [-0.25, -0.2) is 4.79 Å². The Balaban J connectivity index is 2.96. The second kappa shape index (κ2) is 4.85. The lowest BCUT2D eigenvalue weighted by Crippen LogP contribution is -2.22. The molecule has 0 aliphatic carbocycles. The Morgan fingerprint density at radius 2 is 2.36 bits per heavy atom. The van der Waals surface area contributed by atoms with E-state index in [1.54, 1.807) is 0 Å². The molecule has 0 unspecified atom stereocenters. The molecule has 1 heterocycles. The molecule has 0 saturated heterocycles. The summed E-state index contributed by atoms with van der Waals surface area (Å²) in [5.41, 5.74) is -0.629. The van der Waals surface area contributed by atoms with Gasteiger partial charge < -0.3 is 0 Å². The van der Waals surface area contributed by atoms with E-state index in [2.05, 4.69) is 20.9 Å². The molecule has 0 N–H and O–H groups in total. The maximum absolute atomic E-state index is 11.1. The van der Waals surface area contributed by atoms with E-state index in [0.717, 1.165) is 17.9 Å². The lowest BCUT2D eigenvalue weighted by atomic mass is 10.4. The largest absolute Gasteiger partial charge is 0.347 e. The number of hydrogen-bond acceptors (Lipinski definition) is 4. The van der Waals surface area contributed by atoms with Crippen LogP contribution in [0.25, 0.3) is 0 Å². The topological polar surface area (TPSA) is 78.0 Å². The van der Waals surface area contributed by atoms with E-state index >= 15 is 0 Å². The molecule has 1 aromatic heterocycles. The number of nitrogens with zero attached hydrogens (tertiary/aromatic N) is 3. The number of halogens is 1. The van der Waals surface area contributed by atoms with Gasteiger partial charge in [0.2, 0.25) is 0 Å². The van der Waals surface area contributed by atoms with Crippen LogP contribution < -0.4 is 5.69 Å². The Morgan fingerprint density at radius 3 is 2.93 bits per heavy atom. The maximum atomic E-state index is 11.1. The van der Waals surface area contributed by atoms with Crippen molar-refractivity contribution in [3.8, 4) is 0 Å². The van der Waals surface area contributed by atoms with Gasteiger partial charge >= 0.3 is 11.4 Å². The van der Waals surface area contributed by atoms with Crippen LogP contribution in [0, 0.1) is 10.1 Å². The molecule has 1 rings (SSSR count). The molecular weight excluding hydrogens is 254 g/mol. The maximum Gasteiger partial charge on any atom is 0.347 e. The molecule has 76 valence electrons. The van der Waals surface area contributed by atoms with Crippen LogP contribution in [0.15, 0.2) is 17.2 Å². The van der Waals surface area contributed by atoms with Gasteiger partial charge in [0.15, 0.2) is 0 Å². The quantitative estimate of drug-likeness (QED) is 0.459. The van der Waals surface area contributed by atoms with Gasteiger partial charge in [-0.2, -0.15) is 4.98 Å². The van der Waals surface area contributed by atoms with E-state index in [4.69, 9.17) is 0 Å². The highest BCUT2D eigenvalue weighted by Crippen LogP contribution is 2.05. The van der Waals surface area contributed by atoms with Gasteiger partial charge in [-0.1, -0.05) is 15.9 Å². The highest BCUT2D eigenvalue weighted by Gasteiger charge is 2.08. The summed E-state index contributed by atoms with van der Waals surface area (Å²) in [5.74, 6) is 0. The van der Waals surface area contributed by atoms with Crippen LogP contribution in [-0.4, -0.2) is 19.8 Å². The fraction of sp³-hybridized carbons (Fsp3) is 0.429. The van der Waals surface area contributed by atoms with E-state index in [1.165, 1.54) is 10.8 Å². The van der Waals surface area contributed by atoms with Crippen LogP contribution in [-0.2, 0) is 6.54 Å². The first-order valence-corrected chi connectivity index (χ1v) is 5.04. The predicted octanol–water partition coefficient (Wildman–Crippen LogP) is 0.936. The lowest BCUT2D eigenvalue weighted by Gasteiger charge is -2.01. The number of aryl methyl sites for hydroxylation is 1. The van der Waals surface area contributed by atoms with Gasteiger partial charge in [0.25, 0.3) is 0 Å². The minimum atomic E-state index is -0.572. The average molecular weight is 262 g/mol. The molecule has 0 aromatic carbocycles. The summed E-state index contributed by atoms with van der Waals surface area (Å²) in [6.45, 7) is 0.429. The third kappa shape index (κ3) is 2.63. The van der Waals surface area contributed by atoms with Crippen LogP contribution in [0.4, 0.5) is 5.69 Å². The molecule has 0 atom stereocenters. The molecule has 0 aliphatic heterocycles. The Hall–Kier alpha value is -1.24. The van der Waals surface area contributed by atoms with Crippen molar-refractivity contribution in [2.75, 3.05) is 5.33 Å². The summed E-state index contributed by atoms with van der Waals surface area (Å²) in [6, 6.07) is 0. The Labute approximate surface area is 87.9 Å². The number of nitro groups is 1. The van der Waals surface area contributed by atoms with Gasteiger partial charge in [0.05, 0.1) is 11.1 Å². The second-order valence-corrected chi connectivity index (χ2v) is 3.38. The van der Waals surface area contributed by atoms with Crippen molar-refractivity contribution in [2.24, 2.45) is 0 Å². The molecule has 6 nitrogen and oxygen atoms in total. The van der Waals surface area contributed by atoms with E-state index < -0.39 is 10.6 Å². The molecule has 14 heavy (non-hydrogen) atoms. The highest BCUT2D eigenvalue weighted by molar-refractivity contribution is 9.09. The highest BCUT2D eigenvalue weighted by atomic mass is 79.9. The molecule has 0 saturated carbocycles. The first-order valence-electron chi connectivity index (χ1n) is 3.92. The van der Waals surface area contributed by atoms with Crippen molar-refractivity contribution in [2.45, 2.75) is 13.0 Å². The standard InChI is InChI=1S/C7H8BrN3O3/c8-2-1-3-10-5-6(11(13)14)4-9-7(10)12/h4-5H,1-3H2. The van der Waals surface area contributed by atoms with Crippen molar-refractivity contribution >= 4 is 21.6 Å². The minimum absolute atomic E-state index is 0.167. The van der Waals surface area contributed by atoms with Crippen molar-refractivity contribution in [3.63, 3.8) is 0 Å². The molecule has 0 aliphatic rings. The smallest absolute Gasteiger partial charge is 0.292 e. The number of aromatic nitrogens is 2. The van der Waals surface area contributed by atoms with E-state index in [-0.39, 0.29) is 5.69 Å². The summed E-state index contributed by atoms with van der Waals surface area (Å²) < 4.78 is 1.24. The van der Waals surface area contributed by atoms with Gasteiger partial charge in [0.1, 0.15) is 6.20 Å². The van der Waals surface area contributed by atoms with Crippen molar-refractivity contribution < 1.29 is 4.92 Å². The zero-order valence-corrected chi connectivity index (χ0v) is 8.81. The molecule has 0 spiro atoms. The monoisotopic (exact) mass is 261 g/mol. The summed E-state index contributed by atoms with van der Waals surface area (Å²) in [4.78, 5) is 24.3. The van der Waals surface area contributed by atoms with Gasteiger partial charge in [-0.3, -0.25) is 14.7 Å². The average Bonchev–Trinajstić information content (AvgIpc) is 2.16. The predicted molar refractivity (Wildman–Crippen MR) is 53.6 cm³/mol. The molecule has 0 amide bonds. The first-order chi connectivity index (χ1) is 6.65. The van der Waals surface area contributed by atoms with E-state index in [0.29, 0.717) is 6.54 Å². The molecule has 7 heteroatoms. The molecular formula is C7H8BrN3O3. The fourth-order valence-corrected chi connectivity index (χ4v) is 1.18. The zero-order chi connectivity index (χ0) is 10.6. The zero-order valence-electron chi connectivity index (χ0n) is 7.22. The van der Waals surface area contributed by atoms with Gasteiger partial charge in [-0.05, 0) is 6.42 Å². The van der Waals surface area contributed by atoms with Crippen molar-refractivity contribution in [1.29, 1.82) is 0 Å². The Kier molecular flexibility index (Phi) is 3.75. The van der Waals surface area contributed by atoms with Crippen LogP contribution in [0.1, 0.15) is 6.42 Å². The van der Waals surface area contributed by atoms with Crippen molar-refractivity contribution in [1.82, 2.24) is 9.55 Å². The number of rotatable bonds is 4. The van der Waals surface area contributed by atoms with Crippen molar-refractivity contribution in [3.05, 3.63) is 33.0 Å². The third-order valence-corrected chi connectivity index (χ3v) is 2.15. The Morgan fingerprint density at radius 1 is 1.64 bits per heavy atom. The summed E-state index contributed by atoms with van der Waals surface area (Å²) >= 11 is 3.21. The molecule has 1 aromatic rings. The fourth-order valence-electron chi connectivity index (χ4n) is 0.928. The second-order valence-electron chi connectivity index (χ2n) is 2.59. The minimum Gasteiger partial charge on any atom is -0.292 e. The third-order valence-electron chi connectivity index (χ3n) is 1.58.